The summed E-state index contributed by atoms with van der Waals surface area (Å²) < 4.78 is 38.4. The molecular weight excluding hydrogens is 357 g/mol. The Morgan fingerprint density at radius 1 is 1.11 bits per heavy atom. The van der Waals surface area contributed by atoms with Crippen LogP contribution in [0.15, 0.2) is 30.6 Å². The van der Waals surface area contributed by atoms with Gasteiger partial charge in [0.15, 0.2) is 0 Å². The van der Waals surface area contributed by atoms with Crippen LogP contribution >= 0.6 is 0 Å². The molecule has 1 aliphatic heterocycles. The average Bonchev–Trinajstić information content (AvgIpc) is 2.64. The lowest BCUT2D eigenvalue weighted by Gasteiger charge is -2.33. The van der Waals surface area contributed by atoms with Crippen LogP contribution < -0.4 is 10.2 Å². The molecule has 144 valence electrons. The predicted molar refractivity (Wildman–Crippen MR) is 95.7 cm³/mol. The quantitative estimate of drug-likeness (QED) is 0.888. The highest BCUT2D eigenvalue weighted by molar-refractivity contribution is 5.94. The molecule has 27 heavy (non-hydrogen) atoms. The first-order valence-corrected chi connectivity index (χ1v) is 8.76. The number of amides is 1. The number of hydrogen-bond donors (Lipinski definition) is 1. The van der Waals surface area contributed by atoms with Gasteiger partial charge in [-0.25, -0.2) is 9.97 Å². The Kier molecular flexibility index (Phi) is 5.34. The number of carbonyl (C=O) groups excluding carboxylic acids is 1. The molecule has 1 aromatic heterocycles. The summed E-state index contributed by atoms with van der Waals surface area (Å²) in [5.74, 6) is 0.134. The van der Waals surface area contributed by atoms with Crippen LogP contribution in [-0.4, -0.2) is 35.0 Å². The minimum Gasteiger partial charge on any atom is -0.356 e. The minimum absolute atomic E-state index is 0.0146. The molecule has 0 bridgehead atoms. The van der Waals surface area contributed by atoms with Gasteiger partial charge in [-0.1, -0.05) is 6.07 Å². The maximum Gasteiger partial charge on any atom is 0.433 e. The normalized spacial score (nSPS) is 15.7. The van der Waals surface area contributed by atoms with Crippen LogP contribution in [0.4, 0.5) is 19.0 Å². The molecule has 2 heterocycles. The Hall–Kier alpha value is -2.64. The third-order valence-electron chi connectivity index (χ3n) is 4.87. The van der Waals surface area contributed by atoms with Crippen molar-refractivity contribution in [3.63, 3.8) is 0 Å². The van der Waals surface area contributed by atoms with Crippen LogP contribution in [0.5, 0.6) is 0 Å². The van der Waals surface area contributed by atoms with Crippen LogP contribution in [-0.2, 0) is 6.18 Å². The van der Waals surface area contributed by atoms with Gasteiger partial charge in [-0.15, -0.1) is 0 Å². The van der Waals surface area contributed by atoms with E-state index in [-0.39, 0.29) is 17.8 Å². The maximum absolute atomic E-state index is 12.8. The fourth-order valence-electron chi connectivity index (χ4n) is 3.08. The van der Waals surface area contributed by atoms with Crippen molar-refractivity contribution in [2.24, 2.45) is 0 Å². The number of carbonyl (C=O) groups is 1. The molecule has 1 aromatic carbocycles. The molecule has 1 N–H and O–H groups in total. The van der Waals surface area contributed by atoms with Crippen LogP contribution in [0.25, 0.3) is 0 Å². The van der Waals surface area contributed by atoms with E-state index in [4.69, 9.17) is 0 Å². The monoisotopic (exact) mass is 378 g/mol. The maximum atomic E-state index is 12.8. The Morgan fingerprint density at radius 2 is 1.81 bits per heavy atom. The van der Waals surface area contributed by atoms with Crippen molar-refractivity contribution < 1.29 is 18.0 Å². The van der Waals surface area contributed by atoms with E-state index in [1.165, 1.54) is 0 Å². The number of piperidine rings is 1. The molecule has 3 rings (SSSR count). The molecule has 0 unspecified atom stereocenters. The van der Waals surface area contributed by atoms with Crippen LogP contribution in [0.1, 0.15) is 40.0 Å². The van der Waals surface area contributed by atoms with Crippen molar-refractivity contribution in [3.05, 3.63) is 53.0 Å². The summed E-state index contributed by atoms with van der Waals surface area (Å²) in [5, 5.41) is 3.01. The number of nitrogens with one attached hydrogen (secondary N) is 1. The van der Waals surface area contributed by atoms with Gasteiger partial charge in [0.05, 0.1) is 0 Å². The van der Waals surface area contributed by atoms with E-state index in [0.29, 0.717) is 31.5 Å². The molecule has 1 amide bonds. The zero-order valence-corrected chi connectivity index (χ0v) is 15.2. The number of rotatable bonds is 3. The van der Waals surface area contributed by atoms with Crippen molar-refractivity contribution in [2.45, 2.75) is 38.9 Å². The third kappa shape index (κ3) is 4.56. The van der Waals surface area contributed by atoms with Gasteiger partial charge >= 0.3 is 6.18 Å². The topological polar surface area (TPSA) is 58.1 Å². The zero-order chi connectivity index (χ0) is 19.6. The Balaban J connectivity index is 1.59. The molecule has 8 heteroatoms. The predicted octanol–water partition coefficient (Wildman–Crippen LogP) is 3.51. The van der Waals surface area contributed by atoms with Crippen LogP contribution in [0.3, 0.4) is 0 Å². The number of hydrogen-bond acceptors (Lipinski definition) is 4. The van der Waals surface area contributed by atoms with Crippen molar-refractivity contribution in [2.75, 3.05) is 18.0 Å². The molecule has 0 spiro atoms. The molecule has 1 aliphatic rings. The Morgan fingerprint density at radius 3 is 2.44 bits per heavy atom. The summed E-state index contributed by atoms with van der Waals surface area (Å²) in [7, 11) is 0. The van der Waals surface area contributed by atoms with E-state index in [9.17, 15) is 18.0 Å². The van der Waals surface area contributed by atoms with Crippen molar-refractivity contribution in [1.29, 1.82) is 0 Å². The number of aromatic nitrogens is 2. The highest BCUT2D eigenvalue weighted by Gasteiger charge is 2.33. The lowest BCUT2D eigenvalue weighted by Crippen LogP contribution is -2.45. The summed E-state index contributed by atoms with van der Waals surface area (Å²) >= 11 is 0. The van der Waals surface area contributed by atoms with Gasteiger partial charge in [0.1, 0.15) is 17.8 Å². The first kappa shape index (κ1) is 19.1. The molecule has 0 radical (unpaired) electrons. The molecule has 5 nitrogen and oxygen atoms in total. The number of nitrogens with zero attached hydrogens (tertiary/aromatic N) is 3. The van der Waals surface area contributed by atoms with E-state index in [0.717, 1.165) is 23.5 Å². The van der Waals surface area contributed by atoms with Crippen molar-refractivity contribution in [1.82, 2.24) is 15.3 Å². The van der Waals surface area contributed by atoms with Gasteiger partial charge in [-0.2, -0.15) is 13.2 Å². The molecule has 2 aromatic rings. The number of halogens is 3. The lowest BCUT2D eigenvalue weighted by molar-refractivity contribution is -0.141. The van der Waals surface area contributed by atoms with E-state index in [2.05, 4.69) is 15.3 Å². The van der Waals surface area contributed by atoms with Crippen LogP contribution in [0, 0.1) is 13.8 Å². The average molecular weight is 378 g/mol. The van der Waals surface area contributed by atoms with E-state index in [1.54, 1.807) is 11.0 Å². The molecule has 1 fully saturated rings. The second-order valence-corrected chi connectivity index (χ2v) is 6.79. The fraction of sp³-hybridized carbons (Fsp3) is 0.421. The number of benzene rings is 1. The zero-order valence-electron chi connectivity index (χ0n) is 15.2. The standard InChI is InChI=1S/C19H21F3N4O/c1-12-3-4-14(9-13(12)2)18(27)25-15-5-7-26(8-6-15)17-10-16(19(20,21)22)23-11-24-17/h3-4,9-11,15H,5-8H2,1-2H3,(H,25,27). The highest BCUT2D eigenvalue weighted by atomic mass is 19.4. The van der Waals surface area contributed by atoms with Gasteiger partial charge < -0.3 is 10.2 Å². The first-order chi connectivity index (χ1) is 12.7. The molecule has 0 atom stereocenters. The van der Waals surface area contributed by atoms with E-state index < -0.39 is 11.9 Å². The number of alkyl halides is 3. The van der Waals surface area contributed by atoms with Crippen molar-refractivity contribution in [3.8, 4) is 0 Å². The summed E-state index contributed by atoms with van der Waals surface area (Å²) in [6, 6.07) is 6.53. The Bertz CT molecular complexity index is 830. The summed E-state index contributed by atoms with van der Waals surface area (Å²) in [6.07, 6.45) is -2.27. The van der Waals surface area contributed by atoms with Gasteiger partial charge in [0, 0.05) is 30.8 Å². The van der Waals surface area contributed by atoms with E-state index in [1.807, 2.05) is 26.0 Å². The van der Waals surface area contributed by atoms with Gasteiger partial charge in [-0.05, 0) is 49.9 Å². The van der Waals surface area contributed by atoms with E-state index >= 15 is 0 Å². The summed E-state index contributed by atoms with van der Waals surface area (Å²) in [5.41, 5.74) is 1.86. The molecule has 0 aliphatic carbocycles. The van der Waals surface area contributed by atoms with Gasteiger partial charge in [-0.3, -0.25) is 4.79 Å². The molecule has 0 saturated carbocycles. The SMILES string of the molecule is Cc1ccc(C(=O)NC2CCN(c3cc(C(F)(F)F)ncn3)CC2)cc1C. The smallest absolute Gasteiger partial charge is 0.356 e. The molecular formula is C19H21F3N4O. The largest absolute Gasteiger partial charge is 0.433 e. The fourth-order valence-corrected chi connectivity index (χ4v) is 3.08. The Labute approximate surface area is 155 Å². The lowest BCUT2D eigenvalue weighted by atomic mass is 10.0. The second-order valence-electron chi connectivity index (χ2n) is 6.79. The third-order valence-corrected chi connectivity index (χ3v) is 4.87. The number of aryl methyl sites for hydroxylation is 2. The second kappa shape index (κ2) is 7.54. The molecule has 1 saturated heterocycles. The first-order valence-electron chi connectivity index (χ1n) is 8.76. The van der Waals surface area contributed by atoms with Crippen molar-refractivity contribution >= 4 is 11.7 Å². The minimum atomic E-state index is -4.49. The van der Waals surface area contributed by atoms with Gasteiger partial charge in [0.2, 0.25) is 0 Å². The van der Waals surface area contributed by atoms with Gasteiger partial charge in [0.25, 0.3) is 5.91 Å². The van der Waals surface area contributed by atoms with Crippen LogP contribution in [0.2, 0.25) is 0 Å². The number of anilines is 1. The summed E-state index contributed by atoms with van der Waals surface area (Å²) in [6.45, 7) is 4.99. The summed E-state index contributed by atoms with van der Waals surface area (Å²) in [4.78, 5) is 21.4. The highest BCUT2D eigenvalue weighted by Crippen LogP contribution is 2.29.